The van der Waals surface area contributed by atoms with Crippen LogP contribution in [0.2, 0.25) is 0 Å². The zero-order chi connectivity index (χ0) is 14.2. The standard InChI is InChI=1S/C18H30N2/c1-15(2)13-19-14-17-8-5-7-16(12-17)6-3-4-11-20-18-9-10-18/h5,7-8,12,15,18-20H,3-4,6,9-11,13-14H2,1-2H3. The van der Waals surface area contributed by atoms with E-state index in [9.17, 15) is 0 Å². The van der Waals surface area contributed by atoms with Crippen LogP contribution >= 0.6 is 0 Å². The van der Waals surface area contributed by atoms with Crippen molar-refractivity contribution >= 4 is 0 Å². The normalized spacial score (nSPS) is 14.9. The van der Waals surface area contributed by atoms with Gasteiger partial charge in [-0.3, -0.25) is 0 Å². The van der Waals surface area contributed by atoms with Crippen LogP contribution in [0, 0.1) is 5.92 Å². The molecule has 2 heteroatoms. The van der Waals surface area contributed by atoms with Crippen molar-refractivity contribution in [2.45, 2.75) is 58.5 Å². The molecule has 0 heterocycles. The summed E-state index contributed by atoms with van der Waals surface area (Å²) in [6.45, 7) is 7.78. The molecule has 2 nitrogen and oxygen atoms in total. The van der Waals surface area contributed by atoms with Crippen LogP contribution in [0.3, 0.4) is 0 Å². The largest absolute Gasteiger partial charge is 0.314 e. The third-order valence-corrected chi connectivity index (χ3v) is 3.78. The molecule has 1 aliphatic carbocycles. The fourth-order valence-electron chi connectivity index (χ4n) is 2.45. The summed E-state index contributed by atoms with van der Waals surface area (Å²) in [5, 5.41) is 7.10. The van der Waals surface area contributed by atoms with Gasteiger partial charge in [-0.15, -0.1) is 0 Å². The molecule has 2 N–H and O–H groups in total. The first-order chi connectivity index (χ1) is 9.74. The fourth-order valence-corrected chi connectivity index (χ4v) is 2.45. The van der Waals surface area contributed by atoms with Crippen LogP contribution in [0.25, 0.3) is 0 Å². The SMILES string of the molecule is CC(C)CNCc1cccc(CCCCNC2CC2)c1. The van der Waals surface area contributed by atoms with Crippen molar-refractivity contribution in [1.82, 2.24) is 10.6 Å². The highest BCUT2D eigenvalue weighted by Crippen LogP contribution is 2.18. The van der Waals surface area contributed by atoms with Crippen molar-refractivity contribution in [3.63, 3.8) is 0 Å². The Balaban J connectivity index is 1.62. The van der Waals surface area contributed by atoms with Crippen LogP contribution < -0.4 is 10.6 Å². The van der Waals surface area contributed by atoms with Crippen LogP contribution in [0.15, 0.2) is 24.3 Å². The molecular formula is C18H30N2. The Morgan fingerprint density at radius 3 is 2.70 bits per heavy atom. The lowest BCUT2D eigenvalue weighted by atomic mass is 10.0. The van der Waals surface area contributed by atoms with Gasteiger partial charge < -0.3 is 10.6 Å². The summed E-state index contributed by atoms with van der Waals surface area (Å²) in [5.41, 5.74) is 2.90. The second-order valence-electron chi connectivity index (χ2n) is 6.53. The molecule has 1 saturated carbocycles. The van der Waals surface area contributed by atoms with Crippen molar-refractivity contribution in [3.05, 3.63) is 35.4 Å². The maximum atomic E-state index is 3.58. The van der Waals surface area contributed by atoms with E-state index in [4.69, 9.17) is 0 Å². The quantitative estimate of drug-likeness (QED) is 0.638. The maximum Gasteiger partial charge on any atom is 0.0205 e. The Kier molecular flexibility index (Phi) is 6.55. The predicted octanol–water partition coefficient (Wildman–Crippen LogP) is 3.51. The minimum Gasteiger partial charge on any atom is -0.314 e. The summed E-state index contributed by atoms with van der Waals surface area (Å²) in [7, 11) is 0. The van der Waals surface area contributed by atoms with Crippen molar-refractivity contribution < 1.29 is 0 Å². The van der Waals surface area contributed by atoms with E-state index in [1.165, 1.54) is 49.8 Å². The van der Waals surface area contributed by atoms with E-state index in [-0.39, 0.29) is 0 Å². The van der Waals surface area contributed by atoms with Gasteiger partial charge in [0.25, 0.3) is 0 Å². The summed E-state index contributed by atoms with van der Waals surface area (Å²) >= 11 is 0. The van der Waals surface area contributed by atoms with Gasteiger partial charge in [0.2, 0.25) is 0 Å². The molecule has 1 fully saturated rings. The predicted molar refractivity (Wildman–Crippen MR) is 86.9 cm³/mol. The molecule has 0 atom stereocenters. The zero-order valence-corrected chi connectivity index (χ0v) is 13.1. The van der Waals surface area contributed by atoms with Crippen LogP contribution in [0.1, 0.15) is 50.7 Å². The first-order valence-corrected chi connectivity index (χ1v) is 8.26. The van der Waals surface area contributed by atoms with E-state index in [0.29, 0.717) is 0 Å². The van der Waals surface area contributed by atoms with E-state index in [2.05, 4.69) is 48.7 Å². The molecule has 0 spiro atoms. The summed E-state index contributed by atoms with van der Waals surface area (Å²) in [4.78, 5) is 0. The third-order valence-electron chi connectivity index (χ3n) is 3.78. The highest BCUT2D eigenvalue weighted by molar-refractivity contribution is 5.23. The van der Waals surface area contributed by atoms with Crippen LogP contribution in [-0.4, -0.2) is 19.1 Å². The highest BCUT2D eigenvalue weighted by Gasteiger charge is 2.19. The van der Waals surface area contributed by atoms with E-state index in [1.807, 2.05) is 0 Å². The second-order valence-corrected chi connectivity index (χ2v) is 6.53. The van der Waals surface area contributed by atoms with Gasteiger partial charge in [-0.2, -0.15) is 0 Å². The van der Waals surface area contributed by atoms with E-state index in [1.54, 1.807) is 0 Å². The van der Waals surface area contributed by atoms with Crippen molar-refractivity contribution in [2.24, 2.45) is 5.92 Å². The summed E-state index contributed by atoms with van der Waals surface area (Å²) in [5.74, 6) is 0.720. The zero-order valence-electron chi connectivity index (χ0n) is 13.1. The molecule has 20 heavy (non-hydrogen) atoms. The van der Waals surface area contributed by atoms with Gasteiger partial charge in [0.1, 0.15) is 0 Å². The molecule has 112 valence electrons. The number of hydrogen-bond donors (Lipinski definition) is 2. The Morgan fingerprint density at radius 1 is 1.15 bits per heavy atom. The Bertz CT molecular complexity index is 383. The molecule has 0 aromatic heterocycles. The monoisotopic (exact) mass is 274 g/mol. The topological polar surface area (TPSA) is 24.1 Å². The van der Waals surface area contributed by atoms with Gasteiger partial charge in [0.15, 0.2) is 0 Å². The smallest absolute Gasteiger partial charge is 0.0205 e. The van der Waals surface area contributed by atoms with Crippen LogP contribution in [-0.2, 0) is 13.0 Å². The van der Waals surface area contributed by atoms with Gasteiger partial charge in [0.05, 0.1) is 0 Å². The van der Waals surface area contributed by atoms with Gasteiger partial charge in [-0.05, 0) is 62.2 Å². The van der Waals surface area contributed by atoms with Crippen molar-refractivity contribution in [1.29, 1.82) is 0 Å². The van der Waals surface area contributed by atoms with E-state index in [0.717, 1.165) is 25.0 Å². The highest BCUT2D eigenvalue weighted by atomic mass is 14.9. The Hall–Kier alpha value is -0.860. The van der Waals surface area contributed by atoms with Gasteiger partial charge >= 0.3 is 0 Å². The molecular weight excluding hydrogens is 244 g/mol. The molecule has 0 saturated heterocycles. The van der Waals surface area contributed by atoms with Crippen LogP contribution in [0.5, 0.6) is 0 Å². The van der Waals surface area contributed by atoms with Crippen LogP contribution in [0.4, 0.5) is 0 Å². The van der Waals surface area contributed by atoms with Gasteiger partial charge in [-0.25, -0.2) is 0 Å². The fraction of sp³-hybridized carbons (Fsp3) is 0.667. The number of aryl methyl sites for hydroxylation is 1. The average molecular weight is 274 g/mol. The minimum atomic E-state index is 0.720. The number of rotatable bonds is 10. The molecule has 0 bridgehead atoms. The second kappa shape index (κ2) is 8.43. The molecule has 0 radical (unpaired) electrons. The summed E-state index contributed by atoms with van der Waals surface area (Å²) in [6.07, 6.45) is 6.59. The third kappa shape index (κ3) is 6.53. The molecule has 1 aliphatic rings. The summed E-state index contributed by atoms with van der Waals surface area (Å²) in [6, 6.07) is 9.91. The Morgan fingerprint density at radius 2 is 1.95 bits per heavy atom. The Labute approximate surface area is 124 Å². The van der Waals surface area contributed by atoms with Crippen molar-refractivity contribution in [2.75, 3.05) is 13.1 Å². The first-order valence-electron chi connectivity index (χ1n) is 8.26. The number of unbranched alkanes of at least 4 members (excludes halogenated alkanes) is 1. The minimum absolute atomic E-state index is 0.720. The molecule has 0 amide bonds. The van der Waals surface area contributed by atoms with Gasteiger partial charge in [-0.1, -0.05) is 38.1 Å². The average Bonchev–Trinajstić information content (AvgIpc) is 3.22. The molecule has 1 aromatic carbocycles. The molecule has 0 aliphatic heterocycles. The van der Waals surface area contributed by atoms with E-state index >= 15 is 0 Å². The van der Waals surface area contributed by atoms with Crippen molar-refractivity contribution in [3.8, 4) is 0 Å². The van der Waals surface area contributed by atoms with Gasteiger partial charge in [0, 0.05) is 12.6 Å². The lowest BCUT2D eigenvalue weighted by Gasteiger charge is -2.09. The first kappa shape index (κ1) is 15.5. The number of hydrogen-bond acceptors (Lipinski definition) is 2. The lowest BCUT2D eigenvalue weighted by Crippen LogP contribution is -2.19. The summed E-state index contributed by atoms with van der Waals surface area (Å²) < 4.78 is 0. The van der Waals surface area contributed by atoms with E-state index < -0.39 is 0 Å². The maximum absolute atomic E-state index is 3.58. The molecule has 1 aromatic rings. The molecule has 0 unspecified atom stereocenters. The lowest BCUT2D eigenvalue weighted by molar-refractivity contribution is 0.552. The number of benzene rings is 1. The molecule has 2 rings (SSSR count). The number of nitrogens with one attached hydrogen (secondary N) is 2.